The fraction of sp³-hybridized carbons (Fsp3) is 0.938. The van der Waals surface area contributed by atoms with Crippen LogP contribution in [0.15, 0.2) is 0 Å². The van der Waals surface area contributed by atoms with Crippen molar-refractivity contribution in [3.63, 3.8) is 0 Å². The third kappa shape index (κ3) is 4.45. The number of rotatable bonds is 8. The highest BCUT2D eigenvalue weighted by Crippen LogP contribution is 2.26. The number of nitrogens with one attached hydrogen (secondary N) is 1. The van der Waals surface area contributed by atoms with E-state index in [1.165, 1.54) is 32.9 Å². The molecule has 1 N–H and O–H groups in total. The summed E-state index contributed by atoms with van der Waals surface area (Å²) < 4.78 is 4.97. The van der Waals surface area contributed by atoms with Crippen molar-refractivity contribution >= 4 is 5.97 Å². The summed E-state index contributed by atoms with van der Waals surface area (Å²) in [7, 11) is 1.47. The number of esters is 1. The zero-order valence-electron chi connectivity index (χ0n) is 13.9. The minimum atomic E-state index is -0.578. The summed E-state index contributed by atoms with van der Waals surface area (Å²) in [5, 5.41) is 3.30. The highest BCUT2D eigenvalue weighted by atomic mass is 16.5. The van der Waals surface area contributed by atoms with E-state index in [9.17, 15) is 4.79 Å². The Morgan fingerprint density at radius 2 is 2.20 bits per heavy atom. The molecule has 1 aliphatic rings. The van der Waals surface area contributed by atoms with Crippen LogP contribution in [0.3, 0.4) is 0 Å². The van der Waals surface area contributed by atoms with Gasteiger partial charge in [0.15, 0.2) is 0 Å². The smallest absolute Gasteiger partial charge is 0.325 e. The summed E-state index contributed by atoms with van der Waals surface area (Å²) in [6.45, 7) is 11.6. The lowest BCUT2D eigenvalue weighted by molar-refractivity contribution is -0.148. The first kappa shape index (κ1) is 17.4. The predicted octanol–water partition coefficient (Wildman–Crippen LogP) is 2.43. The summed E-state index contributed by atoms with van der Waals surface area (Å²) in [4.78, 5) is 14.6. The predicted molar refractivity (Wildman–Crippen MR) is 82.8 cm³/mol. The molecule has 0 aliphatic carbocycles. The molecule has 4 heteroatoms. The average molecular weight is 284 g/mol. The maximum Gasteiger partial charge on any atom is 0.325 e. The molecule has 0 saturated carbocycles. The van der Waals surface area contributed by atoms with E-state index in [2.05, 4.69) is 24.1 Å². The number of likely N-dealkylation sites (N-methyl/N-ethyl adjacent to an activating group) is 1. The van der Waals surface area contributed by atoms with Gasteiger partial charge in [0, 0.05) is 12.6 Å². The third-order valence-electron chi connectivity index (χ3n) is 4.54. The second-order valence-electron chi connectivity index (χ2n) is 6.35. The summed E-state index contributed by atoms with van der Waals surface area (Å²) in [6, 6.07) is 0.403. The van der Waals surface area contributed by atoms with Gasteiger partial charge in [-0.05, 0) is 52.1 Å². The Balaban J connectivity index is 2.58. The second kappa shape index (κ2) is 7.99. The minimum Gasteiger partial charge on any atom is -0.468 e. The van der Waals surface area contributed by atoms with Crippen molar-refractivity contribution in [1.29, 1.82) is 0 Å². The standard InChI is InChI=1S/C16H32N2O2/c1-6-8-14-9-10-18(12-14)13(3)11-16(4,17-7-2)15(19)20-5/h13-14,17H,6-12H2,1-5H3. The quantitative estimate of drug-likeness (QED) is 0.695. The molecule has 20 heavy (non-hydrogen) atoms. The van der Waals surface area contributed by atoms with E-state index in [1.54, 1.807) is 0 Å². The van der Waals surface area contributed by atoms with Crippen molar-refractivity contribution in [3.8, 4) is 0 Å². The van der Waals surface area contributed by atoms with Crippen LogP contribution in [-0.2, 0) is 9.53 Å². The van der Waals surface area contributed by atoms with E-state index < -0.39 is 5.54 Å². The monoisotopic (exact) mass is 284 g/mol. The number of carbonyl (C=O) groups excluding carboxylic acids is 1. The molecule has 3 unspecified atom stereocenters. The van der Waals surface area contributed by atoms with Crippen LogP contribution in [0.2, 0.25) is 0 Å². The molecule has 0 amide bonds. The summed E-state index contributed by atoms with van der Waals surface area (Å²) in [5.74, 6) is 0.682. The van der Waals surface area contributed by atoms with Crippen LogP contribution in [0.4, 0.5) is 0 Å². The van der Waals surface area contributed by atoms with E-state index in [4.69, 9.17) is 4.74 Å². The number of hydrogen-bond acceptors (Lipinski definition) is 4. The van der Waals surface area contributed by atoms with Crippen molar-refractivity contribution in [1.82, 2.24) is 10.2 Å². The van der Waals surface area contributed by atoms with E-state index in [0.717, 1.165) is 25.4 Å². The highest BCUT2D eigenvalue weighted by Gasteiger charge is 2.37. The topological polar surface area (TPSA) is 41.6 Å². The fourth-order valence-corrected chi connectivity index (χ4v) is 3.47. The highest BCUT2D eigenvalue weighted by molar-refractivity contribution is 5.80. The van der Waals surface area contributed by atoms with Crippen LogP contribution in [-0.4, -0.2) is 49.2 Å². The lowest BCUT2D eigenvalue weighted by atomic mass is 9.92. The van der Waals surface area contributed by atoms with E-state index >= 15 is 0 Å². The Morgan fingerprint density at radius 3 is 2.75 bits per heavy atom. The first-order valence-corrected chi connectivity index (χ1v) is 8.04. The molecule has 0 bridgehead atoms. The van der Waals surface area contributed by atoms with Crippen molar-refractivity contribution in [2.45, 2.75) is 65.0 Å². The average Bonchev–Trinajstić information content (AvgIpc) is 2.87. The van der Waals surface area contributed by atoms with Crippen molar-refractivity contribution in [2.75, 3.05) is 26.7 Å². The summed E-state index contributed by atoms with van der Waals surface area (Å²) in [6.07, 6.45) is 4.69. The Labute approximate surface area is 124 Å². The van der Waals surface area contributed by atoms with Gasteiger partial charge in [-0.25, -0.2) is 0 Å². The Kier molecular flexibility index (Phi) is 6.96. The number of likely N-dealkylation sites (tertiary alicyclic amines) is 1. The lowest BCUT2D eigenvalue weighted by Crippen LogP contribution is -2.53. The van der Waals surface area contributed by atoms with Crippen molar-refractivity contribution in [3.05, 3.63) is 0 Å². The maximum atomic E-state index is 12.0. The number of methoxy groups -OCH3 is 1. The van der Waals surface area contributed by atoms with Crippen molar-refractivity contribution < 1.29 is 9.53 Å². The third-order valence-corrected chi connectivity index (χ3v) is 4.54. The molecule has 1 aliphatic heterocycles. The molecule has 0 aromatic heterocycles. The molecule has 1 heterocycles. The van der Waals surface area contributed by atoms with Gasteiger partial charge in [-0.1, -0.05) is 20.3 Å². The molecule has 3 atom stereocenters. The second-order valence-corrected chi connectivity index (χ2v) is 6.35. The van der Waals surface area contributed by atoms with Gasteiger partial charge in [0.05, 0.1) is 7.11 Å². The zero-order chi connectivity index (χ0) is 15.2. The molecule has 0 radical (unpaired) electrons. The minimum absolute atomic E-state index is 0.157. The van der Waals surface area contributed by atoms with Crippen molar-refractivity contribution in [2.24, 2.45) is 5.92 Å². The number of hydrogen-bond donors (Lipinski definition) is 1. The summed E-state index contributed by atoms with van der Waals surface area (Å²) >= 11 is 0. The van der Waals surface area contributed by atoms with Gasteiger partial charge in [0.1, 0.15) is 5.54 Å². The van der Waals surface area contributed by atoms with E-state index in [-0.39, 0.29) is 5.97 Å². The van der Waals surface area contributed by atoms with E-state index in [0.29, 0.717) is 6.04 Å². The van der Waals surface area contributed by atoms with Crippen LogP contribution in [0.5, 0.6) is 0 Å². The SMILES string of the molecule is CCCC1CCN(C(C)CC(C)(NCC)C(=O)OC)C1. The Bertz CT molecular complexity index is 309. The Hall–Kier alpha value is -0.610. The van der Waals surface area contributed by atoms with Crippen LogP contribution < -0.4 is 5.32 Å². The number of nitrogens with zero attached hydrogens (tertiary/aromatic N) is 1. The Morgan fingerprint density at radius 1 is 1.50 bits per heavy atom. The van der Waals surface area contributed by atoms with Gasteiger partial charge in [-0.15, -0.1) is 0 Å². The van der Waals surface area contributed by atoms with Gasteiger partial charge < -0.3 is 15.0 Å². The molecule has 1 fully saturated rings. The lowest BCUT2D eigenvalue weighted by Gasteiger charge is -2.34. The van der Waals surface area contributed by atoms with Gasteiger partial charge >= 0.3 is 5.97 Å². The van der Waals surface area contributed by atoms with Crippen LogP contribution >= 0.6 is 0 Å². The van der Waals surface area contributed by atoms with E-state index in [1.807, 2.05) is 13.8 Å². The molecular formula is C16H32N2O2. The molecule has 1 rings (SSSR count). The van der Waals surface area contributed by atoms with Gasteiger partial charge in [-0.3, -0.25) is 4.79 Å². The number of carbonyl (C=O) groups is 1. The van der Waals surface area contributed by atoms with Crippen LogP contribution in [0.1, 0.15) is 53.4 Å². The molecule has 1 saturated heterocycles. The molecule has 0 aromatic rings. The van der Waals surface area contributed by atoms with Gasteiger partial charge in [0.25, 0.3) is 0 Å². The molecule has 0 spiro atoms. The number of ether oxygens (including phenoxy) is 1. The zero-order valence-corrected chi connectivity index (χ0v) is 13.9. The van der Waals surface area contributed by atoms with Gasteiger partial charge in [-0.2, -0.15) is 0 Å². The first-order valence-electron chi connectivity index (χ1n) is 8.04. The van der Waals surface area contributed by atoms with Gasteiger partial charge in [0.2, 0.25) is 0 Å². The summed E-state index contributed by atoms with van der Waals surface area (Å²) in [5.41, 5.74) is -0.578. The molecule has 118 valence electrons. The normalized spacial score (nSPS) is 24.4. The molecule has 0 aromatic carbocycles. The van der Waals surface area contributed by atoms with Crippen LogP contribution in [0.25, 0.3) is 0 Å². The molecule has 4 nitrogen and oxygen atoms in total. The fourth-order valence-electron chi connectivity index (χ4n) is 3.47. The maximum absolute atomic E-state index is 12.0. The first-order chi connectivity index (χ1) is 9.46. The molecular weight excluding hydrogens is 252 g/mol. The van der Waals surface area contributed by atoms with Crippen LogP contribution in [0, 0.1) is 5.92 Å². The largest absolute Gasteiger partial charge is 0.468 e.